The van der Waals surface area contributed by atoms with E-state index in [-0.39, 0.29) is 58.1 Å². The Balaban J connectivity index is 1.12. The Bertz CT molecular complexity index is 1980. The number of imide groups is 1. The van der Waals surface area contributed by atoms with Gasteiger partial charge in [0.2, 0.25) is 11.8 Å². The smallest absolute Gasteiger partial charge is 0.305 e. The molecule has 2 aliphatic carbocycles. The second-order valence-corrected chi connectivity index (χ2v) is 15.2. The molecule has 2 saturated carbocycles. The summed E-state index contributed by atoms with van der Waals surface area (Å²) in [6.07, 6.45) is 0.758. The van der Waals surface area contributed by atoms with Crippen molar-refractivity contribution in [1.29, 1.82) is 0 Å². The van der Waals surface area contributed by atoms with E-state index in [0.717, 1.165) is 38.8 Å². The second-order valence-electron chi connectivity index (χ2n) is 12.6. The highest BCUT2D eigenvalue weighted by Gasteiger charge is 2.69. The van der Waals surface area contributed by atoms with Gasteiger partial charge in [-0.15, -0.1) is 11.8 Å². The van der Waals surface area contributed by atoms with Crippen molar-refractivity contribution in [3.05, 3.63) is 97.4 Å². The highest BCUT2D eigenvalue weighted by atomic mass is 35.5. The van der Waals surface area contributed by atoms with E-state index >= 15 is 0 Å². The first-order valence-corrected chi connectivity index (χ1v) is 17.5. The van der Waals surface area contributed by atoms with E-state index in [1.54, 1.807) is 55.3 Å². The van der Waals surface area contributed by atoms with Gasteiger partial charge in [-0.05, 0) is 85.7 Å². The number of amides is 3. The number of aryl methyl sites for hydroxylation is 1. The number of rotatable bonds is 7. The molecular weight excluding hydrogens is 658 g/mol. The molecule has 1 aromatic heterocycles. The molecule has 12 heteroatoms. The van der Waals surface area contributed by atoms with Gasteiger partial charge in [-0.3, -0.25) is 24.1 Å². The van der Waals surface area contributed by atoms with E-state index in [4.69, 9.17) is 21.1 Å². The minimum atomic E-state index is -0.436. The zero-order chi connectivity index (χ0) is 32.6. The minimum absolute atomic E-state index is 0.00363. The summed E-state index contributed by atoms with van der Waals surface area (Å²) < 4.78 is 11.4. The summed E-state index contributed by atoms with van der Waals surface area (Å²) in [6, 6.07) is 19.8. The summed E-state index contributed by atoms with van der Waals surface area (Å²) in [6.45, 7) is 1.72. The van der Waals surface area contributed by atoms with Crippen molar-refractivity contribution in [2.24, 2.45) is 29.6 Å². The fourth-order valence-electron chi connectivity index (χ4n) is 8.22. The lowest BCUT2D eigenvalue weighted by Crippen LogP contribution is -2.42. The van der Waals surface area contributed by atoms with Gasteiger partial charge in [-0.1, -0.05) is 40.6 Å². The zero-order valence-corrected chi connectivity index (χ0v) is 27.8. The highest BCUT2D eigenvalue weighted by molar-refractivity contribution is 8.00. The Morgan fingerprint density at radius 2 is 1.72 bits per heavy atom. The summed E-state index contributed by atoms with van der Waals surface area (Å²) in [5.74, 6) is -0.750. The van der Waals surface area contributed by atoms with Gasteiger partial charge < -0.3 is 19.8 Å². The Morgan fingerprint density at radius 3 is 2.45 bits per heavy atom. The molecule has 4 aliphatic rings. The van der Waals surface area contributed by atoms with Gasteiger partial charge in [0.25, 0.3) is 5.91 Å². The van der Waals surface area contributed by atoms with Crippen LogP contribution in [0, 0.1) is 36.5 Å². The topological polar surface area (TPSA) is 118 Å². The van der Waals surface area contributed by atoms with Crippen LogP contribution >= 0.6 is 34.7 Å². The first kappa shape index (κ1) is 30.3. The number of hydrogen-bond acceptors (Lipinski definition) is 8. The van der Waals surface area contributed by atoms with Gasteiger partial charge >= 0.3 is 4.87 Å². The molecule has 7 atom stereocenters. The van der Waals surface area contributed by atoms with Crippen LogP contribution in [0.15, 0.2) is 76.6 Å². The molecule has 3 heterocycles. The number of aromatic amines is 1. The Labute approximate surface area is 283 Å². The largest absolute Gasteiger partial charge is 0.497 e. The summed E-state index contributed by atoms with van der Waals surface area (Å²) in [4.78, 5) is 58.8. The van der Waals surface area contributed by atoms with Crippen molar-refractivity contribution in [2.45, 2.75) is 29.5 Å². The number of halogens is 1. The molecule has 2 bridgehead atoms. The summed E-state index contributed by atoms with van der Waals surface area (Å²) >= 11 is 9.37. The molecule has 240 valence electrons. The molecule has 4 unspecified atom stereocenters. The third kappa shape index (κ3) is 4.98. The van der Waals surface area contributed by atoms with Gasteiger partial charge in [0.15, 0.2) is 6.61 Å². The van der Waals surface area contributed by atoms with Gasteiger partial charge in [0, 0.05) is 32.3 Å². The van der Waals surface area contributed by atoms with Gasteiger partial charge in [0.1, 0.15) is 11.5 Å². The monoisotopic (exact) mass is 687 g/mol. The Hall–Kier alpha value is -4.06. The third-order valence-corrected chi connectivity index (χ3v) is 12.9. The number of nitrogens with zero attached hydrogens (tertiary/aromatic N) is 1. The van der Waals surface area contributed by atoms with Crippen molar-refractivity contribution >= 4 is 63.8 Å². The number of thioether (sulfide) groups is 1. The highest BCUT2D eigenvalue weighted by Crippen LogP contribution is 2.69. The fraction of sp³-hybridized carbons (Fsp3) is 0.314. The molecule has 1 saturated heterocycles. The number of ether oxygens (including phenoxy) is 2. The molecule has 0 spiro atoms. The average Bonchev–Trinajstić information content (AvgIpc) is 3.80. The first-order chi connectivity index (χ1) is 22.7. The average molecular weight is 688 g/mol. The fourth-order valence-corrected chi connectivity index (χ4v) is 11.3. The third-order valence-electron chi connectivity index (χ3n) is 10.1. The van der Waals surface area contributed by atoms with Crippen LogP contribution in [-0.4, -0.2) is 41.7 Å². The number of anilines is 2. The first-order valence-electron chi connectivity index (χ1n) is 15.4. The number of benzene rings is 3. The second kappa shape index (κ2) is 11.6. The van der Waals surface area contributed by atoms with Crippen molar-refractivity contribution in [3.63, 3.8) is 0 Å². The van der Waals surface area contributed by atoms with E-state index in [9.17, 15) is 19.2 Å². The van der Waals surface area contributed by atoms with E-state index in [1.165, 1.54) is 4.90 Å². The number of aromatic nitrogens is 1. The van der Waals surface area contributed by atoms with E-state index < -0.39 is 11.8 Å². The maximum atomic E-state index is 14.1. The number of nitrogens with one attached hydrogen (secondary N) is 2. The van der Waals surface area contributed by atoms with E-state index in [1.807, 2.05) is 37.3 Å². The molecule has 2 aliphatic heterocycles. The summed E-state index contributed by atoms with van der Waals surface area (Å²) in [5.41, 5.74) is 3.03. The number of carbonyl (C=O) groups is 3. The van der Waals surface area contributed by atoms with Crippen molar-refractivity contribution in [1.82, 2.24) is 4.98 Å². The molecule has 3 aromatic carbocycles. The van der Waals surface area contributed by atoms with Gasteiger partial charge in [-0.25, -0.2) is 0 Å². The molecule has 9 nitrogen and oxygen atoms in total. The van der Waals surface area contributed by atoms with Crippen LogP contribution in [0.2, 0.25) is 5.02 Å². The maximum absolute atomic E-state index is 14.1. The number of methoxy groups -OCH3 is 1. The normalized spacial score (nSPS) is 27.0. The Morgan fingerprint density at radius 1 is 1.00 bits per heavy atom. The minimum Gasteiger partial charge on any atom is -0.497 e. The van der Waals surface area contributed by atoms with E-state index in [2.05, 4.69) is 10.3 Å². The van der Waals surface area contributed by atoms with Gasteiger partial charge in [-0.2, -0.15) is 0 Å². The molecule has 3 amide bonds. The number of fused-ring (bicyclic) bond motifs is 9. The van der Waals surface area contributed by atoms with Crippen molar-refractivity contribution < 1.29 is 23.9 Å². The van der Waals surface area contributed by atoms with Crippen molar-refractivity contribution in [2.75, 3.05) is 23.9 Å². The molecule has 47 heavy (non-hydrogen) atoms. The predicted octanol–water partition coefficient (Wildman–Crippen LogP) is 6.10. The van der Waals surface area contributed by atoms with Crippen LogP contribution < -0.4 is 24.6 Å². The van der Waals surface area contributed by atoms with Crippen LogP contribution in [-0.2, 0) is 14.4 Å². The molecule has 0 radical (unpaired) electrons. The van der Waals surface area contributed by atoms with Crippen LogP contribution in [0.25, 0.3) is 0 Å². The van der Waals surface area contributed by atoms with E-state index in [0.29, 0.717) is 27.9 Å². The standard InChI is InChI=1S/C35H30ClN3O6S2/c1-16-3-8-19(9-4-16)39-33(41)28-22-14-23(29(28)34(39)42)30-27(22)26(31-32(46-30)38-35(43)47-31)21-13-17(36)5-12-24(21)45-15-25(40)37-18-6-10-20(44-2)11-7-18/h3-13,22-23,26-30H,14-15H2,1-2H3,(H,37,40)(H,38,43)/t22-,23-,26-,27?,28?,29?,30?/m1/s1. The molecule has 2 N–H and O–H groups in total. The molecular formula is C35H30ClN3O6S2. The molecule has 4 aromatic rings. The van der Waals surface area contributed by atoms with Gasteiger partial charge in [0.05, 0.1) is 29.7 Å². The zero-order valence-electron chi connectivity index (χ0n) is 25.4. The lowest BCUT2D eigenvalue weighted by atomic mass is 9.68. The maximum Gasteiger partial charge on any atom is 0.305 e. The SMILES string of the molecule is COc1ccc(NC(=O)COc2ccc(Cl)cc2[C@H]2c3sc(=O)[nH]c3SC3C2[C@H]2C[C@@H]3C3C(=O)N(c4ccc(C)cc4)C(=O)C32)cc1. The number of hydrogen-bond donors (Lipinski definition) is 2. The summed E-state index contributed by atoms with van der Waals surface area (Å²) in [5, 5.41) is 4.12. The number of thiazole rings is 1. The van der Waals surface area contributed by atoms with Crippen LogP contribution in [0.1, 0.15) is 28.3 Å². The van der Waals surface area contributed by atoms with Crippen molar-refractivity contribution in [3.8, 4) is 11.5 Å². The summed E-state index contributed by atoms with van der Waals surface area (Å²) in [7, 11) is 1.58. The quantitative estimate of drug-likeness (QED) is 0.226. The Kier molecular flexibility index (Phi) is 7.46. The van der Waals surface area contributed by atoms with Crippen LogP contribution in [0.3, 0.4) is 0 Å². The number of carbonyl (C=O) groups excluding carboxylic acids is 3. The lowest BCUT2D eigenvalue weighted by Gasteiger charge is -2.43. The molecule has 8 rings (SSSR count). The lowest BCUT2D eigenvalue weighted by molar-refractivity contribution is -0.123. The van der Waals surface area contributed by atoms with Crippen LogP contribution in [0.4, 0.5) is 11.4 Å². The van der Waals surface area contributed by atoms with Crippen LogP contribution in [0.5, 0.6) is 11.5 Å². The predicted molar refractivity (Wildman–Crippen MR) is 181 cm³/mol. The molecule has 3 fully saturated rings. The number of H-pyrrole nitrogens is 1.